The molecule has 29 heavy (non-hydrogen) atoms. The Hall–Kier alpha value is -3.03. The second kappa shape index (κ2) is 8.98. The van der Waals surface area contributed by atoms with E-state index in [0.29, 0.717) is 42.6 Å². The van der Waals surface area contributed by atoms with E-state index >= 15 is 0 Å². The summed E-state index contributed by atoms with van der Waals surface area (Å²) in [5, 5.41) is 0.368. The highest BCUT2D eigenvalue weighted by atomic mass is 35.5. The van der Waals surface area contributed by atoms with E-state index in [2.05, 4.69) is 4.98 Å². The number of ketones is 1. The Labute approximate surface area is 175 Å². The number of ether oxygens (including phenoxy) is 3. The van der Waals surface area contributed by atoms with Gasteiger partial charge in [-0.25, -0.2) is 0 Å². The number of carbonyl (C=O) groups excluding carboxylic acids is 1. The van der Waals surface area contributed by atoms with Gasteiger partial charge in [-0.1, -0.05) is 11.6 Å². The molecule has 0 spiro atoms. The van der Waals surface area contributed by atoms with Crippen LogP contribution in [0.2, 0.25) is 5.02 Å². The van der Waals surface area contributed by atoms with Gasteiger partial charge in [0, 0.05) is 11.6 Å². The van der Waals surface area contributed by atoms with Crippen LogP contribution >= 0.6 is 22.9 Å². The summed E-state index contributed by atoms with van der Waals surface area (Å²) in [6.45, 7) is 0. The van der Waals surface area contributed by atoms with Crippen LogP contribution < -0.4 is 29.0 Å². The average Bonchev–Trinajstić information content (AvgIpc) is 3.06. The zero-order valence-electron chi connectivity index (χ0n) is 15.9. The molecule has 3 rings (SSSR count). The smallest absolute Gasteiger partial charge is 0.266 e. The first-order chi connectivity index (χ1) is 13.9. The molecule has 0 fully saturated rings. The molecule has 0 atom stereocenters. The van der Waals surface area contributed by atoms with E-state index < -0.39 is 0 Å². The fourth-order valence-electron chi connectivity index (χ4n) is 2.65. The Morgan fingerprint density at radius 3 is 2.41 bits per heavy atom. The average molecular weight is 432 g/mol. The molecule has 1 N–H and O–H groups in total. The van der Waals surface area contributed by atoms with Crippen molar-refractivity contribution in [3.8, 4) is 17.2 Å². The fourth-order valence-corrected chi connectivity index (χ4v) is 3.84. The van der Waals surface area contributed by atoms with Crippen LogP contribution in [-0.4, -0.2) is 32.1 Å². The number of H-pyrrole nitrogens is 1. The molecule has 0 aliphatic carbocycles. The van der Waals surface area contributed by atoms with Gasteiger partial charge in [0.25, 0.3) is 5.56 Å². The summed E-state index contributed by atoms with van der Waals surface area (Å²) in [4.78, 5) is 27.4. The molecule has 0 amide bonds. The third-order valence-corrected chi connectivity index (χ3v) is 5.31. The van der Waals surface area contributed by atoms with E-state index in [0.717, 1.165) is 0 Å². The Morgan fingerprint density at radius 2 is 1.79 bits per heavy atom. The maximum absolute atomic E-state index is 12.4. The molecule has 3 aromatic rings. The van der Waals surface area contributed by atoms with Gasteiger partial charge in [-0.2, -0.15) is 0 Å². The van der Waals surface area contributed by atoms with Crippen LogP contribution in [0.25, 0.3) is 12.2 Å². The van der Waals surface area contributed by atoms with Gasteiger partial charge in [0.2, 0.25) is 0 Å². The summed E-state index contributed by atoms with van der Waals surface area (Å²) in [5.74, 6) is 1.33. The molecule has 6 nitrogen and oxygen atoms in total. The van der Waals surface area contributed by atoms with Crippen molar-refractivity contribution < 1.29 is 19.0 Å². The molecule has 1 heterocycles. The lowest BCUT2D eigenvalue weighted by atomic mass is 10.1. The monoisotopic (exact) mass is 431 g/mol. The Kier molecular flexibility index (Phi) is 6.41. The third kappa shape index (κ3) is 4.70. The quantitative estimate of drug-likeness (QED) is 0.607. The van der Waals surface area contributed by atoms with Crippen LogP contribution in [0.5, 0.6) is 17.2 Å². The Bertz CT molecular complexity index is 1210. The van der Waals surface area contributed by atoms with Crippen molar-refractivity contribution in [1.82, 2.24) is 4.98 Å². The molecule has 0 bridgehead atoms. The maximum Gasteiger partial charge on any atom is 0.266 e. The SMILES string of the molecule is COc1ccc(C(=O)/C=c2\[nH]c(=O)/c(=C\c3cc(Cl)c(OC)c(OC)c3)s2)cc1. The lowest BCUT2D eigenvalue weighted by Gasteiger charge is -2.09. The van der Waals surface area contributed by atoms with Crippen LogP contribution in [0.4, 0.5) is 0 Å². The number of aromatic amines is 1. The molecule has 0 unspecified atom stereocenters. The van der Waals surface area contributed by atoms with Crippen LogP contribution in [0, 0.1) is 0 Å². The number of thiazole rings is 1. The van der Waals surface area contributed by atoms with Gasteiger partial charge in [-0.3, -0.25) is 9.59 Å². The van der Waals surface area contributed by atoms with Crippen molar-refractivity contribution in [3.63, 3.8) is 0 Å². The summed E-state index contributed by atoms with van der Waals surface area (Å²) in [6.07, 6.45) is 3.07. The van der Waals surface area contributed by atoms with Crippen molar-refractivity contribution in [1.29, 1.82) is 0 Å². The lowest BCUT2D eigenvalue weighted by molar-refractivity contribution is 0.106. The van der Waals surface area contributed by atoms with Crippen molar-refractivity contribution in [2.45, 2.75) is 0 Å². The second-order valence-corrected chi connectivity index (χ2v) is 7.40. The molecular formula is C21H18ClNO5S. The normalized spacial score (nSPS) is 12.1. The van der Waals surface area contributed by atoms with E-state index in [1.54, 1.807) is 49.6 Å². The molecule has 0 radical (unpaired) electrons. The number of methoxy groups -OCH3 is 3. The lowest BCUT2D eigenvalue weighted by Crippen LogP contribution is -2.20. The van der Waals surface area contributed by atoms with Crippen LogP contribution in [0.3, 0.4) is 0 Å². The second-order valence-electron chi connectivity index (χ2n) is 5.90. The zero-order valence-corrected chi connectivity index (χ0v) is 17.5. The summed E-state index contributed by atoms with van der Waals surface area (Å²) in [5.41, 5.74) is 0.875. The van der Waals surface area contributed by atoms with Gasteiger partial charge in [0.05, 0.1) is 35.5 Å². The van der Waals surface area contributed by atoms with Crippen molar-refractivity contribution in [2.75, 3.05) is 21.3 Å². The number of carbonyl (C=O) groups is 1. The molecule has 150 valence electrons. The first-order valence-corrected chi connectivity index (χ1v) is 9.67. The molecule has 0 aliphatic heterocycles. The van der Waals surface area contributed by atoms with Crippen LogP contribution in [-0.2, 0) is 0 Å². The summed E-state index contributed by atoms with van der Waals surface area (Å²) in [7, 11) is 4.57. The number of rotatable bonds is 6. The predicted octanol–water partition coefficient (Wildman–Crippen LogP) is 2.61. The first kappa shape index (κ1) is 20.7. The van der Waals surface area contributed by atoms with Crippen LogP contribution in [0.15, 0.2) is 41.2 Å². The van der Waals surface area contributed by atoms with Gasteiger partial charge in [0.1, 0.15) is 5.75 Å². The molecule has 2 aromatic carbocycles. The topological polar surface area (TPSA) is 77.6 Å². The molecular weight excluding hydrogens is 414 g/mol. The maximum atomic E-state index is 12.4. The minimum Gasteiger partial charge on any atom is -0.497 e. The first-order valence-electron chi connectivity index (χ1n) is 8.47. The molecule has 0 saturated heterocycles. The van der Waals surface area contributed by atoms with Gasteiger partial charge < -0.3 is 19.2 Å². The number of aromatic nitrogens is 1. The van der Waals surface area contributed by atoms with Crippen molar-refractivity contribution in [2.24, 2.45) is 0 Å². The largest absolute Gasteiger partial charge is 0.497 e. The van der Waals surface area contributed by atoms with Gasteiger partial charge in [-0.05, 0) is 48.0 Å². The highest BCUT2D eigenvalue weighted by molar-refractivity contribution is 7.07. The number of benzene rings is 2. The van der Waals surface area contributed by atoms with E-state index in [1.807, 2.05) is 0 Å². The standard InChI is InChI=1S/C21H18ClNO5S/c1-26-14-6-4-13(5-7-14)16(24)11-19-23-21(25)18(29-19)10-12-8-15(22)20(28-3)17(9-12)27-2/h4-11H,1-3H3,(H,23,25)/b18-10+,19-11+. The van der Waals surface area contributed by atoms with Gasteiger partial charge in [-0.15, -0.1) is 11.3 Å². The molecule has 8 heteroatoms. The summed E-state index contributed by atoms with van der Waals surface area (Å²) in [6, 6.07) is 10.1. The highest BCUT2D eigenvalue weighted by Gasteiger charge is 2.10. The highest BCUT2D eigenvalue weighted by Crippen LogP contribution is 2.36. The van der Waals surface area contributed by atoms with E-state index in [-0.39, 0.29) is 11.3 Å². The molecule has 1 aromatic heterocycles. The number of Topliss-reactive ketones (excluding diaryl/α,β-unsaturated/α-hetero) is 1. The molecule has 0 aliphatic rings. The van der Waals surface area contributed by atoms with Crippen molar-refractivity contribution >= 4 is 40.9 Å². The minimum absolute atomic E-state index is 0.217. The third-order valence-electron chi connectivity index (χ3n) is 4.07. The zero-order chi connectivity index (χ0) is 21.0. The van der Waals surface area contributed by atoms with Crippen LogP contribution in [0.1, 0.15) is 15.9 Å². The van der Waals surface area contributed by atoms with Crippen molar-refractivity contribution in [3.05, 3.63) is 72.1 Å². The number of hydrogen-bond donors (Lipinski definition) is 1. The fraction of sp³-hybridized carbons (Fsp3) is 0.143. The Morgan fingerprint density at radius 1 is 1.07 bits per heavy atom. The Balaban J connectivity index is 1.98. The summed E-state index contributed by atoms with van der Waals surface area (Å²) < 4.78 is 16.5. The molecule has 0 saturated carbocycles. The minimum atomic E-state index is -0.297. The summed E-state index contributed by atoms with van der Waals surface area (Å²) >= 11 is 7.39. The van der Waals surface area contributed by atoms with Gasteiger partial charge >= 0.3 is 0 Å². The predicted molar refractivity (Wildman–Crippen MR) is 114 cm³/mol. The van der Waals surface area contributed by atoms with E-state index in [4.69, 9.17) is 25.8 Å². The number of nitrogens with one attached hydrogen (secondary N) is 1. The van der Waals surface area contributed by atoms with Gasteiger partial charge in [0.15, 0.2) is 17.3 Å². The number of halogens is 1. The number of hydrogen-bond acceptors (Lipinski definition) is 6. The van der Waals surface area contributed by atoms with E-state index in [9.17, 15) is 9.59 Å². The van der Waals surface area contributed by atoms with E-state index in [1.165, 1.54) is 31.6 Å².